The predicted molar refractivity (Wildman–Crippen MR) is 45.7 cm³/mol. The highest BCUT2D eigenvalue weighted by atomic mass is 19.1. The molecule has 0 bridgehead atoms. The minimum atomic E-state index is -0.282. The molecule has 1 aromatic carbocycles. The summed E-state index contributed by atoms with van der Waals surface area (Å²) in [4.78, 5) is 4.43. The number of nitrogens with zero attached hydrogens (tertiary/aromatic N) is 1. The van der Waals surface area contributed by atoms with Gasteiger partial charge in [-0.25, -0.2) is 4.39 Å². The second kappa shape index (κ2) is 3.85. The molecule has 3 heteroatoms. The lowest BCUT2D eigenvalue weighted by molar-refractivity contribution is 0.215. The van der Waals surface area contributed by atoms with Crippen LogP contribution in [0.15, 0.2) is 23.4 Å². The Kier molecular flexibility index (Phi) is 2.80. The molecule has 0 aromatic heterocycles. The highest BCUT2D eigenvalue weighted by Crippen LogP contribution is 2.07. The Balaban J connectivity index is 2.94. The number of aryl methyl sites for hydroxylation is 1. The lowest BCUT2D eigenvalue weighted by Gasteiger charge is -1.96. The van der Waals surface area contributed by atoms with E-state index in [1.807, 2.05) is 13.0 Å². The maximum absolute atomic E-state index is 13.0. The Hall–Kier alpha value is -1.38. The molecule has 0 aliphatic rings. The average Bonchev–Trinajstić information content (AvgIpc) is 2.03. The highest BCUT2D eigenvalue weighted by molar-refractivity contribution is 5.79. The second-order valence-electron chi connectivity index (χ2n) is 2.44. The third kappa shape index (κ3) is 2.05. The van der Waals surface area contributed by atoms with Gasteiger partial charge in [-0.15, -0.1) is 0 Å². The van der Waals surface area contributed by atoms with Crippen LogP contribution in [-0.2, 0) is 4.84 Å². The number of rotatable bonds is 2. The maximum Gasteiger partial charge on any atom is 0.132 e. The van der Waals surface area contributed by atoms with Gasteiger partial charge in [-0.2, -0.15) is 0 Å². The van der Waals surface area contributed by atoms with Crippen LogP contribution in [0.2, 0.25) is 0 Å². The Morgan fingerprint density at radius 2 is 2.25 bits per heavy atom. The van der Waals surface area contributed by atoms with Gasteiger partial charge in [0.05, 0.1) is 6.21 Å². The zero-order valence-electron chi connectivity index (χ0n) is 7.04. The van der Waals surface area contributed by atoms with Crippen molar-refractivity contribution in [3.05, 3.63) is 35.1 Å². The summed E-state index contributed by atoms with van der Waals surface area (Å²) in [5, 5.41) is 3.47. The molecule has 0 saturated heterocycles. The second-order valence-corrected chi connectivity index (χ2v) is 2.44. The molecular formula is C9H10FNO. The van der Waals surface area contributed by atoms with Crippen LogP contribution < -0.4 is 0 Å². The van der Waals surface area contributed by atoms with Gasteiger partial charge in [0, 0.05) is 5.56 Å². The number of benzene rings is 1. The first-order chi connectivity index (χ1) is 5.74. The summed E-state index contributed by atoms with van der Waals surface area (Å²) < 4.78 is 13.0. The summed E-state index contributed by atoms with van der Waals surface area (Å²) >= 11 is 0. The monoisotopic (exact) mass is 167 g/mol. The SMILES string of the molecule is CON=Cc1ccc(C)cc1F. The van der Waals surface area contributed by atoms with E-state index >= 15 is 0 Å². The Labute approximate surface area is 70.7 Å². The molecule has 0 aliphatic carbocycles. The molecule has 0 fully saturated rings. The average molecular weight is 167 g/mol. The van der Waals surface area contributed by atoms with Crippen LogP contribution in [0.5, 0.6) is 0 Å². The summed E-state index contributed by atoms with van der Waals surface area (Å²) in [5.41, 5.74) is 1.32. The van der Waals surface area contributed by atoms with Crippen LogP contribution >= 0.6 is 0 Å². The summed E-state index contributed by atoms with van der Waals surface area (Å²) in [6.07, 6.45) is 1.34. The molecule has 0 radical (unpaired) electrons. The van der Waals surface area contributed by atoms with E-state index in [-0.39, 0.29) is 5.82 Å². The van der Waals surface area contributed by atoms with Crippen molar-refractivity contribution in [1.82, 2.24) is 0 Å². The van der Waals surface area contributed by atoms with Gasteiger partial charge in [0.15, 0.2) is 0 Å². The summed E-state index contributed by atoms with van der Waals surface area (Å²) in [6.45, 7) is 1.83. The normalized spacial score (nSPS) is 10.6. The summed E-state index contributed by atoms with van der Waals surface area (Å²) in [6, 6.07) is 4.93. The molecule has 12 heavy (non-hydrogen) atoms. The largest absolute Gasteiger partial charge is 0.399 e. The molecule has 0 N–H and O–H groups in total. The fourth-order valence-electron chi connectivity index (χ4n) is 0.846. The van der Waals surface area contributed by atoms with E-state index in [0.29, 0.717) is 5.56 Å². The Bertz CT molecular complexity index is 297. The molecule has 0 spiro atoms. The van der Waals surface area contributed by atoms with Crippen molar-refractivity contribution in [3.63, 3.8) is 0 Å². The van der Waals surface area contributed by atoms with Gasteiger partial charge in [-0.3, -0.25) is 0 Å². The van der Waals surface area contributed by atoms with E-state index in [1.54, 1.807) is 6.07 Å². The topological polar surface area (TPSA) is 21.6 Å². The molecule has 0 unspecified atom stereocenters. The van der Waals surface area contributed by atoms with Crippen LogP contribution in [0, 0.1) is 12.7 Å². The van der Waals surface area contributed by atoms with E-state index in [0.717, 1.165) is 5.56 Å². The third-order valence-corrected chi connectivity index (χ3v) is 1.45. The van der Waals surface area contributed by atoms with E-state index in [9.17, 15) is 4.39 Å². The molecule has 0 aliphatic heterocycles. The number of halogens is 1. The third-order valence-electron chi connectivity index (χ3n) is 1.45. The van der Waals surface area contributed by atoms with Crippen LogP contribution in [0.25, 0.3) is 0 Å². The van der Waals surface area contributed by atoms with E-state index in [2.05, 4.69) is 9.99 Å². The lowest BCUT2D eigenvalue weighted by atomic mass is 10.1. The van der Waals surface area contributed by atoms with Gasteiger partial charge in [-0.1, -0.05) is 17.3 Å². The van der Waals surface area contributed by atoms with Gasteiger partial charge in [0.25, 0.3) is 0 Å². The van der Waals surface area contributed by atoms with Gasteiger partial charge in [-0.05, 0) is 18.6 Å². The number of hydrogen-bond donors (Lipinski definition) is 0. The highest BCUT2D eigenvalue weighted by Gasteiger charge is 1.97. The van der Waals surface area contributed by atoms with Crippen molar-refractivity contribution < 1.29 is 9.23 Å². The number of hydrogen-bond acceptors (Lipinski definition) is 2. The predicted octanol–water partition coefficient (Wildman–Crippen LogP) is 2.11. The van der Waals surface area contributed by atoms with Crippen molar-refractivity contribution in [2.45, 2.75) is 6.92 Å². The van der Waals surface area contributed by atoms with Gasteiger partial charge in [0.1, 0.15) is 12.9 Å². The van der Waals surface area contributed by atoms with Crippen LogP contribution in [0.4, 0.5) is 4.39 Å². The molecule has 64 valence electrons. The van der Waals surface area contributed by atoms with Crippen molar-refractivity contribution in [1.29, 1.82) is 0 Å². The van der Waals surface area contributed by atoms with E-state index in [4.69, 9.17) is 0 Å². The molecule has 0 atom stereocenters. The van der Waals surface area contributed by atoms with E-state index in [1.165, 1.54) is 19.4 Å². The standard InChI is InChI=1S/C9H10FNO/c1-7-3-4-8(6-11-12-2)9(10)5-7/h3-6H,1-2H3. The fourth-order valence-corrected chi connectivity index (χ4v) is 0.846. The molecule has 2 nitrogen and oxygen atoms in total. The summed E-state index contributed by atoms with van der Waals surface area (Å²) in [5.74, 6) is -0.282. The van der Waals surface area contributed by atoms with Crippen molar-refractivity contribution in [3.8, 4) is 0 Å². The number of oxime groups is 1. The Morgan fingerprint density at radius 1 is 1.50 bits per heavy atom. The minimum absolute atomic E-state index is 0.282. The summed E-state index contributed by atoms with van der Waals surface area (Å²) in [7, 11) is 1.42. The van der Waals surface area contributed by atoms with Gasteiger partial charge < -0.3 is 4.84 Å². The van der Waals surface area contributed by atoms with Crippen LogP contribution in [0.1, 0.15) is 11.1 Å². The Morgan fingerprint density at radius 3 is 2.83 bits per heavy atom. The first kappa shape index (κ1) is 8.71. The first-order valence-corrected chi connectivity index (χ1v) is 3.56. The maximum atomic E-state index is 13.0. The zero-order valence-corrected chi connectivity index (χ0v) is 7.04. The van der Waals surface area contributed by atoms with Crippen molar-refractivity contribution >= 4 is 6.21 Å². The van der Waals surface area contributed by atoms with E-state index < -0.39 is 0 Å². The van der Waals surface area contributed by atoms with Gasteiger partial charge >= 0.3 is 0 Å². The molecule has 0 amide bonds. The fraction of sp³-hybridized carbons (Fsp3) is 0.222. The lowest BCUT2D eigenvalue weighted by Crippen LogP contribution is -1.89. The molecule has 1 rings (SSSR count). The molecule has 0 heterocycles. The van der Waals surface area contributed by atoms with Crippen LogP contribution in [0.3, 0.4) is 0 Å². The first-order valence-electron chi connectivity index (χ1n) is 3.56. The molecule has 0 saturated carbocycles. The molecular weight excluding hydrogens is 157 g/mol. The smallest absolute Gasteiger partial charge is 0.132 e. The van der Waals surface area contributed by atoms with Crippen LogP contribution in [-0.4, -0.2) is 13.3 Å². The van der Waals surface area contributed by atoms with Gasteiger partial charge in [0.2, 0.25) is 0 Å². The quantitative estimate of drug-likeness (QED) is 0.488. The minimum Gasteiger partial charge on any atom is -0.399 e. The zero-order chi connectivity index (χ0) is 8.97. The van der Waals surface area contributed by atoms with Crippen molar-refractivity contribution in [2.75, 3.05) is 7.11 Å². The van der Waals surface area contributed by atoms with Crippen molar-refractivity contribution in [2.24, 2.45) is 5.16 Å². The molecule has 1 aromatic rings.